The van der Waals surface area contributed by atoms with Crippen LogP contribution in [0.1, 0.15) is 31.2 Å². The summed E-state index contributed by atoms with van der Waals surface area (Å²) in [5.74, 6) is -1.94. The third-order valence-corrected chi connectivity index (χ3v) is 5.28. The predicted molar refractivity (Wildman–Crippen MR) is 101 cm³/mol. The van der Waals surface area contributed by atoms with Gasteiger partial charge in [-0.05, 0) is 31.0 Å². The summed E-state index contributed by atoms with van der Waals surface area (Å²) in [5.41, 5.74) is -1.76. The van der Waals surface area contributed by atoms with Crippen molar-refractivity contribution in [1.29, 1.82) is 0 Å². The average Bonchev–Trinajstić information content (AvgIpc) is 2.71. The maximum absolute atomic E-state index is 14.1. The van der Waals surface area contributed by atoms with E-state index in [9.17, 15) is 27.8 Å². The van der Waals surface area contributed by atoms with Crippen molar-refractivity contribution in [2.24, 2.45) is 0 Å². The molecule has 1 fully saturated rings. The van der Waals surface area contributed by atoms with Crippen LogP contribution in [0.25, 0.3) is 22.0 Å². The first kappa shape index (κ1) is 20.3. The molecule has 0 aliphatic heterocycles. The minimum Gasteiger partial charge on any atom is -0.507 e. The predicted octanol–water partition coefficient (Wildman–Crippen LogP) is 4.27. The van der Waals surface area contributed by atoms with Crippen LogP contribution in [0.2, 0.25) is 0 Å². The lowest BCUT2D eigenvalue weighted by Gasteiger charge is -2.29. The van der Waals surface area contributed by atoms with Crippen molar-refractivity contribution in [2.45, 2.75) is 44.0 Å². The number of aromatic nitrogens is 3. The monoisotopic (exact) mass is 422 g/mol. The summed E-state index contributed by atoms with van der Waals surface area (Å²) in [5, 5.41) is 32.5. The SMILES string of the molecule is Oc1cc(C(F)(F)F)c(F)cc1-c1nnc(N[C@@H]2CCCC[C@H]2O)c2cnccc12. The Morgan fingerprint density at radius 3 is 2.57 bits per heavy atom. The van der Waals surface area contributed by atoms with E-state index in [0.717, 1.165) is 19.3 Å². The fourth-order valence-electron chi connectivity index (χ4n) is 3.73. The van der Waals surface area contributed by atoms with Gasteiger partial charge in [0.1, 0.15) is 17.3 Å². The number of aliphatic hydroxyl groups is 1. The molecule has 4 rings (SSSR count). The number of nitrogens with one attached hydrogen (secondary N) is 1. The minimum atomic E-state index is -4.94. The number of halogens is 4. The number of aliphatic hydroxyl groups excluding tert-OH is 1. The Morgan fingerprint density at radius 2 is 1.83 bits per heavy atom. The molecule has 2 aromatic heterocycles. The second-order valence-corrected chi connectivity index (χ2v) is 7.27. The lowest BCUT2D eigenvalue weighted by Crippen LogP contribution is -2.36. The van der Waals surface area contributed by atoms with E-state index in [-0.39, 0.29) is 17.3 Å². The summed E-state index contributed by atoms with van der Waals surface area (Å²) in [6.07, 6.45) is 0.759. The van der Waals surface area contributed by atoms with Crippen LogP contribution in [0.4, 0.5) is 23.4 Å². The highest BCUT2D eigenvalue weighted by molar-refractivity contribution is 6.00. The van der Waals surface area contributed by atoms with Gasteiger partial charge in [-0.3, -0.25) is 4.98 Å². The quantitative estimate of drug-likeness (QED) is 0.546. The number of hydrogen-bond acceptors (Lipinski definition) is 6. The first-order chi connectivity index (χ1) is 14.3. The van der Waals surface area contributed by atoms with Crippen LogP contribution in [-0.2, 0) is 6.18 Å². The van der Waals surface area contributed by atoms with Crippen molar-refractivity contribution < 1.29 is 27.8 Å². The number of nitrogens with zero attached hydrogens (tertiary/aromatic N) is 3. The van der Waals surface area contributed by atoms with Crippen LogP contribution in [0.3, 0.4) is 0 Å². The number of hydrogen-bond donors (Lipinski definition) is 3. The van der Waals surface area contributed by atoms with E-state index in [4.69, 9.17) is 0 Å². The van der Waals surface area contributed by atoms with Crippen molar-refractivity contribution in [1.82, 2.24) is 15.2 Å². The summed E-state index contributed by atoms with van der Waals surface area (Å²) in [4.78, 5) is 4.05. The fourth-order valence-corrected chi connectivity index (χ4v) is 3.73. The van der Waals surface area contributed by atoms with E-state index in [1.165, 1.54) is 12.4 Å². The van der Waals surface area contributed by atoms with E-state index in [1.807, 2.05) is 0 Å². The molecule has 0 bridgehead atoms. The van der Waals surface area contributed by atoms with Gasteiger partial charge in [-0.1, -0.05) is 12.8 Å². The lowest BCUT2D eigenvalue weighted by molar-refractivity contribution is -0.140. The number of alkyl halides is 3. The summed E-state index contributed by atoms with van der Waals surface area (Å²) in [6, 6.07) is 2.26. The number of aromatic hydroxyl groups is 1. The zero-order chi connectivity index (χ0) is 21.5. The smallest absolute Gasteiger partial charge is 0.419 e. The average molecular weight is 422 g/mol. The van der Waals surface area contributed by atoms with Gasteiger partial charge in [0.25, 0.3) is 0 Å². The molecule has 1 aromatic carbocycles. The van der Waals surface area contributed by atoms with Crippen LogP contribution >= 0.6 is 0 Å². The highest BCUT2D eigenvalue weighted by atomic mass is 19.4. The Bertz CT molecular complexity index is 1090. The number of rotatable bonds is 3. The number of benzene rings is 1. The standard InChI is InChI=1S/C20H18F4N4O2/c21-14-7-11(17(30)8-13(14)20(22,23)24)18-10-5-6-25-9-12(10)19(28-27-18)26-15-3-1-2-4-16(15)29/h5-9,15-16,29-30H,1-4H2,(H,26,28)/t15-,16-/m1/s1. The molecule has 1 saturated carbocycles. The molecular weight excluding hydrogens is 404 g/mol. The van der Waals surface area contributed by atoms with E-state index >= 15 is 0 Å². The largest absolute Gasteiger partial charge is 0.507 e. The summed E-state index contributed by atoms with van der Waals surface area (Å²) >= 11 is 0. The van der Waals surface area contributed by atoms with Gasteiger partial charge in [0.05, 0.1) is 17.7 Å². The number of anilines is 1. The molecule has 10 heteroatoms. The molecule has 0 saturated heterocycles. The first-order valence-electron chi connectivity index (χ1n) is 9.41. The van der Waals surface area contributed by atoms with E-state index in [0.29, 0.717) is 35.1 Å². The molecule has 3 aromatic rings. The Morgan fingerprint density at radius 1 is 1.07 bits per heavy atom. The minimum absolute atomic E-state index is 0.0206. The molecule has 3 N–H and O–H groups in total. The molecule has 0 spiro atoms. The molecule has 0 radical (unpaired) electrons. The Labute approximate surface area is 168 Å². The molecule has 30 heavy (non-hydrogen) atoms. The highest BCUT2D eigenvalue weighted by Crippen LogP contribution is 2.40. The summed E-state index contributed by atoms with van der Waals surface area (Å²) in [6.45, 7) is 0. The zero-order valence-electron chi connectivity index (χ0n) is 15.6. The summed E-state index contributed by atoms with van der Waals surface area (Å²) < 4.78 is 52.8. The molecule has 2 heterocycles. The van der Waals surface area contributed by atoms with Gasteiger partial charge < -0.3 is 15.5 Å². The molecular formula is C20H18F4N4O2. The van der Waals surface area contributed by atoms with Gasteiger partial charge in [0.2, 0.25) is 0 Å². The maximum atomic E-state index is 14.1. The molecule has 1 aliphatic carbocycles. The Kier molecular flexibility index (Phi) is 5.19. The molecule has 2 atom stereocenters. The third kappa shape index (κ3) is 3.74. The van der Waals surface area contributed by atoms with Crippen LogP contribution < -0.4 is 5.32 Å². The van der Waals surface area contributed by atoms with Gasteiger partial charge in [0.15, 0.2) is 5.82 Å². The van der Waals surface area contributed by atoms with Gasteiger partial charge >= 0.3 is 6.18 Å². The topological polar surface area (TPSA) is 91.2 Å². The fraction of sp³-hybridized carbons (Fsp3) is 0.350. The molecule has 1 aliphatic rings. The van der Waals surface area contributed by atoms with E-state index in [1.54, 1.807) is 6.07 Å². The van der Waals surface area contributed by atoms with Crippen LogP contribution in [-0.4, -0.2) is 37.5 Å². The maximum Gasteiger partial charge on any atom is 0.419 e. The van der Waals surface area contributed by atoms with Crippen molar-refractivity contribution in [2.75, 3.05) is 5.32 Å². The van der Waals surface area contributed by atoms with Crippen LogP contribution in [0.5, 0.6) is 5.75 Å². The van der Waals surface area contributed by atoms with Crippen LogP contribution in [0, 0.1) is 5.82 Å². The van der Waals surface area contributed by atoms with Gasteiger partial charge in [0, 0.05) is 28.7 Å². The van der Waals surface area contributed by atoms with Gasteiger partial charge in [-0.2, -0.15) is 13.2 Å². The van der Waals surface area contributed by atoms with Gasteiger partial charge in [-0.25, -0.2) is 4.39 Å². The second kappa shape index (κ2) is 7.67. The molecule has 0 unspecified atom stereocenters. The normalized spacial score (nSPS) is 19.8. The van der Waals surface area contributed by atoms with Gasteiger partial charge in [-0.15, -0.1) is 10.2 Å². The summed E-state index contributed by atoms with van der Waals surface area (Å²) in [7, 11) is 0. The number of fused-ring (bicyclic) bond motifs is 1. The number of pyridine rings is 1. The van der Waals surface area contributed by atoms with Crippen molar-refractivity contribution >= 4 is 16.6 Å². The van der Waals surface area contributed by atoms with E-state index in [2.05, 4.69) is 20.5 Å². The molecule has 6 nitrogen and oxygen atoms in total. The van der Waals surface area contributed by atoms with Crippen molar-refractivity contribution in [3.63, 3.8) is 0 Å². The zero-order valence-corrected chi connectivity index (χ0v) is 15.6. The second-order valence-electron chi connectivity index (χ2n) is 7.27. The van der Waals surface area contributed by atoms with Crippen molar-refractivity contribution in [3.05, 3.63) is 42.0 Å². The third-order valence-electron chi connectivity index (χ3n) is 5.28. The molecule has 0 amide bonds. The van der Waals surface area contributed by atoms with Crippen molar-refractivity contribution in [3.8, 4) is 17.0 Å². The Balaban J connectivity index is 1.80. The van der Waals surface area contributed by atoms with E-state index < -0.39 is 29.4 Å². The first-order valence-corrected chi connectivity index (χ1v) is 9.41. The molecule has 158 valence electrons. The number of phenols is 1. The van der Waals surface area contributed by atoms with Crippen LogP contribution in [0.15, 0.2) is 30.6 Å². The Hall–Kier alpha value is -3.01. The lowest BCUT2D eigenvalue weighted by atomic mass is 9.92. The highest BCUT2D eigenvalue weighted by Gasteiger charge is 2.35. The number of phenolic OH excluding ortho intramolecular Hbond substituents is 1.